The fourth-order valence-corrected chi connectivity index (χ4v) is 1.82. The van der Waals surface area contributed by atoms with Crippen LogP contribution in [0.2, 0.25) is 0 Å². The topological polar surface area (TPSA) is 48.1 Å². The van der Waals surface area contributed by atoms with Gasteiger partial charge in [-0.15, -0.1) is 0 Å². The van der Waals surface area contributed by atoms with E-state index >= 15 is 0 Å². The number of aryl methyl sites for hydroxylation is 2. The molecule has 0 bridgehead atoms. The summed E-state index contributed by atoms with van der Waals surface area (Å²) in [6, 6.07) is 10.0. The highest BCUT2D eigenvalue weighted by molar-refractivity contribution is 5.35. The molecule has 1 aromatic carbocycles. The second-order valence-electron chi connectivity index (χ2n) is 4.42. The van der Waals surface area contributed by atoms with Crippen molar-refractivity contribution >= 4 is 0 Å². The Bertz CT molecular complexity index is 538. The first-order valence-corrected chi connectivity index (χ1v) is 6.09. The minimum Gasteiger partial charge on any atom is -0.439 e. The van der Waals surface area contributed by atoms with Crippen LogP contribution < -0.4 is 10.5 Å². The first-order chi connectivity index (χ1) is 8.69. The molecule has 0 aliphatic rings. The van der Waals surface area contributed by atoms with Gasteiger partial charge in [0.05, 0.1) is 0 Å². The number of ether oxygens (including phenoxy) is 1. The summed E-state index contributed by atoms with van der Waals surface area (Å²) in [5.74, 6) is 1.47. The lowest BCUT2D eigenvalue weighted by Gasteiger charge is -2.09. The van der Waals surface area contributed by atoms with Crippen molar-refractivity contribution in [2.45, 2.75) is 20.3 Å². The van der Waals surface area contributed by atoms with Crippen molar-refractivity contribution in [3.05, 3.63) is 53.2 Å². The average molecular weight is 242 g/mol. The van der Waals surface area contributed by atoms with Gasteiger partial charge in [0.2, 0.25) is 5.88 Å². The number of benzene rings is 1. The van der Waals surface area contributed by atoms with Gasteiger partial charge < -0.3 is 10.5 Å². The van der Waals surface area contributed by atoms with Gasteiger partial charge in [0.15, 0.2) is 0 Å². The maximum absolute atomic E-state index is 5.78. The fraction of sp³-hybridized carbons (Fsp3) is 0.267. The molecule has 18 heavy (non-hydrogen) atoms. The Morgan fingerprint density at radius 3 is 2.72 bits per heavy atom. The van der Waals surface area contributed by atoms with Crippen LogP contribution in [0, 0.1) is 13.8 Å². The van der Waals surface area contributed by atoms with Gasteiger partial charge in [-0.2, -0.15) is 0 Å². The molecule has 0 saturated carbocycles. The molecule has 0 radical (unpaired) electrons. The lowest BCUT2D eigenvalue weighted by atomic mass is 10.1. The Morgan fingerprint density at radius 2 is 2.06 bits per heavy atom. The molecular formula is C15H18N2O. The van der Waals surface area contributed by atoms with E-state index in [4.69, 9.17) is 10.5 Å². The number of aromatic nitrogens is 1. The molecule has 3 nitrogen and oxygen atoms in total. The largest absolute Gasteiger partial charge is 0.439 e. The molecular weight excluding hydrogens is 224 g/mol. The number of hydrogen-bond donors (Lipinski definition) is 1. The monoisotopic (exact) mass is 242 g/mol. The number of pyridine rings is 1. The number of hydrogen-bond acceptors (Lipinski definition) is 3. The van der Waals surface area contributed by atoms with Crippen molar-refractivity contribution in [3.8, 4) is 11.6 Å². The van der Waals surface area contributed by atoms with Crippen molar-refractivity contribution in [2.24, 2.45) is 5.73 Å². The van der Waals surface area contributed by atoms with Crippen molar-refractivity contribution < 1.29 is 4.74 Å². The summed E-state index contributed by atoms with van der Waals surface area (Å²) in [5.41, 5.74) is 8.88. The molecule has 94 valence electrons. The molecule has 0 unspecified atom stereocenters. The van der Waals surface area contributed by atoms with Gasteiger partial charge >= 0.3 is 0 Å². The van der Waals surface area contributed by atoms with Gasteiger partial charge in [0, 0.05) is 11.8 Å². The SMILES string of the molecule is Cc1cccc(Oc2ncc(CCN)cc2C)c1. The maximum atomic E-state index is 5.78. The Hall–Kier alpha value is -1.87. The number of nitrogens with zero attached hydrogens (tertiary/aromatic N) is 1. The zero-order valence-corrected chi connectivity index (χ0v) is 10.8. The van der Waals surface area contributed by atoms with E-state index in [2.05, 4.69) is 11.1 Å². The van der Waals surface area contributed by atoms with E-state index in [0.29, 0.717) is 12.4 Å². The second kappa shape index (κ2) is 5.65. The quantitative estimate of drug-likeness (QED) is 0.896. The first-order valence-electron chi connectivity index (χ1n) is 6.09. The van der Waals surface area contributed by atoms with Gasteiger partial charge in [-0.25, -0.2) is 4.98 Å². The lowest BCUT2D eigenvalue weighted by Crippen LogP contribution is -2.03. The normalized spacial score (nSPS) is 10.4. The van der Waals surface area contributed by atoms with Gasteiger partial charge in [-0.1, -0.05) is 12.1 Å². The third-order valence-corrected chi connectivity index (χ3v) is 2.72. The molecule has 0 fully saturated rings. The van der Waals surface area contributed by atoms with Crippen LogP contribution in [-0.4, -0.2) is 11.5 Å². The summed E-state index contributed by atoms with van der Waals surface area (Å²) in [5, 5.41) is 0. The van der Waals surface area contributed by atoms with E-state index in [-0.39, 0.29) is 0 Å². The minimum absolute atomic E-state index is 0.638. The van der Waals surface area contributed by atoms with Gasteiger partial charge in [0.25, 0.3) is 0 Å². The molecule has 0 atom stereocenters. The van der Waals surface area contributed by atoms with Crippen LogP contribution >= 0.6 is 0 Å². The van der Waals surface area contributed by atoms with Crippen molar-refractivity contribution in [3.63, 3.8) is 0 Å². The van der Waals surface area contributed by atoms with Gasteiger partial charge in [-0.3, -0.25) is 0 Å². The highest BCUT2D eigenvalue weighted by Crippen LogP contribution is 2.23. The van der Waals surface area contributed by atoms with Crippen LogP contribution in [-0.2, 0) is 6.42 Å². The smallest absolute Gasteiger partial charge is 0.222 e. The number of rotatable bonds is 4. The molecule has 0 aliphatic carbocycles. The highest BCUT2D eigenvalue weighted by atomic mass is 16.5. The highest BCUT2D eigenvalue weighted by Gasteiger charge is 2.04. The third-order valence-electron chi connectivity index (χ3n) is 2.72. The zero-order chi connectivity index (χ0) is 13.0. The Morgan fingerprint density at radius 1 is 1.22 bits per heavy atom. The molecule has 3 heteroatoms. The van der Waals surface area contributed by atoms with E-state index in [0.717, 1.165) is 23.3 Å². The summed E-state index contributed by atoms with van der Waals surface area (Å²) in [4.78, 5) is 4.34. The van der Waals surface area contributed by atoms with Crippen molar-refractivity contribution in [2.75, 3.05) is 6.54 Å². The third kappa shape index (κ3) is 3.08. The van der Waals surface area contributed by atoms with E-state index in [1.165, 1.54) is 5.56 Å². The van der Waals surface area contributed by atoms with Crippen molar-refractivity contribution in [1.29, 1.82) is 0 Å². The van der Waals surface area contributed by atoms with Gasteiger partial charge in [0.1, 0.15) is 5.75 Å². The predicted octanol–water partition coefficient (Wildman–Crippen LogP) is 2.99. The maximum Gasteiger partial charge on any atom is 0.222 e. The summed E-state index contributed by atoms with van der Waals surface area (Å²) >= 11 is 0. The molecule has 2 rings (SSSR count). The summed E-state index contributed by atoms with van der Waals surface area (Å²) in [6.07, 6.45) is 2.67. The molecule has 0 spiro atoms. The van der Waals surface area contributed by atoms with E-state index < -0.39 is 0 Å². The van der Waals surface area contributed by atoms with E-state index in [1.54, 1.807) is 0 Å². The fourth-order valence-electron chi connectivity index (χ4n) is 1.82. The standard InChI is InChI=1S/C15H18N2O/c1-11-4-3-5-14(8-11)18-15-12(2)9-13(6-7-16)10-17-15/h3-5,8-10H,6-7,16H2,1-2H3. The van der Waals surface area contributed by atoms with Crippen LogP contribution in [0.1, 0.15) is 16.7 Å². The van der Waals surface area contributed by atoms with Crippen LogP contribution in [0.5, 0.6) is 11.6 Å². The van der Waals surface area contributed by atoms with E-state index in [1.807, 2.05) is 44.3 Å². The van der Waals surface area contributed by atoms with Crippen LogP contribution in [0.15, 0.2) is 36.5 Å². The predicted molar refractivity (Wildman–Crippen MR) is 73.0 cm³/mol. The lowest BCUT2D eigenvalue weighted by molar-refractivity contribution is 0.458. The molecule has 0 saturated heterocycles. The molecule has 0 aliphatic heterocycles. The molecule has 2 N–H and O–H groups in total. The second-order valence-corrected chi connectivity index (χ2v) is 4.42. The van der Waals surface area contributed by atoms with Crippen LogP contribution in [0.3, 0.4) is 0 Å². The zero-order valence-electron chi connectivity index (χ0n) is 10.8. The molecule has 2 aromatic rings. The molecule has 1 heterocycles. The Balaban J connectivity index is 2.19. The van der Waals surface area contributed by atoms with E-state index in [9.17, 15) is 0 Å². The summed E-state index contributed by atoms with van der Waals surface area (Å²) in [6.45, 7) is 4.68. The van der Waals surface area contributed by atoms with Crippen LogP contribution in [0.25, 0.3) is 0 Å². The van der Waals surface area contributed by atoms with Crippen LogP contribution in [0.4, 0.5) is 0 Å². The Labute approximate surface area is 108 Å². The minimum atomic E-state index is 0.638. The molecule has 1 aromatic heterocycles. The number of nitrogens with two attached hydrogens (primary N) is 1. The molecule has 0 amide bonds. The summed E-state index contributed by atoms with van der Waals surface area (Å²) in [7, 11) is 0. The first kappa shape index (κ1) is 12.6. The van der Waals surface area contributed by atoms with Crippen molar-refractivity contribution in [1.82, 2.24) is 4.98 Å². The Kier molecular flexibility index (Phi) is 3.95. The summed E-state index contributed by atoms with van der Waals surface area (Å²) < 4.78 is 5.78. The van der Waals surface area contributed by atoms with Gasteiger partial charge in [-0.05, 0) is 56.1 Å². The average Bonchev–Trinajstić information content (AvgIpc) is 2.33.